The predicted molar refractivity (Wildman–Crippen MR) is 114 cm³/mol. The van der Waals surface area contributed by atoms with E-state index in [9.17, 15) is 14.4 Å². The van der Waals surface area contributed by atoms with Crippen LogP contribution in [0.1, 0.15) is 22.4 Å². The number of halogens is 1. The Morgan fingerprint density at radius 2 is 2.03 bits per heavy atom. The Hall–Kier alpha value is -3.84. The Bertz CT molecular complexity index is 1270. The van der Waals surface area contributed by atoms with Gasteiger partial charge in [0, 0.05) is 12.2 Å². The molecule has 4 rings (SSSR count). The summed E-state index contributed by atoms with van der Waals surface area (Å²) in [5.41, 5.74) is 2.85. The molecule has 1 amide bonds. The second kappa shape index (κ2) is 8.49. The summed E-state index contributed by atoms with van der Waals surface area (Å²) >= 11 is 1.48. The molecule has 0 saturated carbocycles. The van der Waals surface area contributed by atoms with Crippen LogP contribution in [0.4, 0.5) is 10.2 Å². The number of nitriles is 1. The van der Waals surface area contributed by atoms with Crippen molar-refractivity contribution in [3.8, 4) is 16.8 Å². The molecule has 4 aromatic rings. The maximum absolute atomic E-state index is 13.3. The van der Waals surface area contributed by atoms with E-state index < -0.39 is 0 Å². The lowest BCUT2D eigenvalue weighted by Gasteiger charge is -2.13. The first kappa shape index (κ1) is 20.4. The molecular weight excluding hydrogens is 417 g/mol. The average molecular weight is 435 g/mol. The summed E-state index contributed by atoms with van der Waals surface area (Å²) in [6.07, 6.45) is 0. The maximum Gasteiger partial charge on any atom is 0.249 e. The monoisotopic (exact) mass is 435 g/mol. The van der Waals surface area contributed by atoms with Gasteiger partial charge in [-0.05, 0) is 53.8 Å². The first-order chi connectivity index (χ1) is 15.0. The van der Waals surface area contributed by atoms with Gasteiger partial charge in [-0.25, -0.2) is 4.39 Å². The number of carbonyl (C=O) groups is 1. The van der Waals surface area contributed by atoms with Crippen LogP contribution in [0.25, 0.3) is 10.7 Å². The summed E-state index contributed by atoms with van der Waals surface area (Å²) in [6.45, 7) is 3.94. The van der Waals surface area contributed by atoms with E-state index in [0.29, 0.717) is 23.8 Å². The molecule has 0 unspecified atom stereocenters. The Kier molecular flexibility index (Phi) is 5.60. The molecule has 1 aromatic carbocycles. The van der Waals surface area contributed by atoms with E-state index in [1.807, 2.05) is 35.9 Å². The number of benzene rings is 1. The van der Waals surface area contributed by atoms with Gasteiger partial charge in [-0.3, -0.25) is 4.79 Å². The predicted octanol–water partition coefficient (Wildman–Crippen LogP) is 3.52. The average Bonchev–Trinajstić information content (AvgIpc) is 3.48. The lowest BCUT2D eigenvalue weighted by Crippen LogP contribution is -2.23. The first-order valence-corrected chi connectivity index (χ1v) is 10.3. The molecule has 1 N–H and O–H groups in total. The number of anilines is 1. The van der Waals surface area contributed by atoms with Crippen molar-refractivity contribution in [3.05, 3.63) is 70.0 Å². The molecule has 0 fully saturated rings. The van der Waals surface area contributed by atoms with Crippen molar-refractivity contribution >= 4 is 23.1 Å². The maximum atomic E-state index is 13.3. The summed E-state index contributed by atoms with van der Waals surface area (Å²) in [6, 6.07) is 12.0. The zero-order valence-electron chi connectivity index (χ0n) is 16.8. The minimum absolute atomic E-state index is 0.150. The summed E-state index contributed by atoms with van der Waals surface area (Å²) in [7, 11) is 0. The number of nitrogens with one attached hydrogen (secondary N) is 1. The molecule has 0 saturated heterocycles. The molecule has 0 spiro atoms. The second-order valence-electron chi connectivity index (χ2n) is 6.93. The Morgan fingerprint density at radius 3 is 2.71 bits per heavy atom. The number of carbonyl (C=O) groups excluding carboxylic acids is 1. The van der Waals surface area contributed by atoms with Gasteiger partial charge in [0.1, 0.15) is 24.2 Å². The van der Waals surface area contributed by atoms with Gasteiger partial charge in [0.05, 0.1) is 10.4 Å². The van der Waals surface area contributed by atoms with Crippen LogP contribution in [-0.2, 0) is 17.9 Å². The third-order valence-electron chi connectivity index (χ3n) is 4.93. The highest BCUT2D eigenvalue weighted by molar-refractivity contribution is 7.13. The van der Waals surface area contributed by atoms with E-state index in [1.165, 1.54) is 28.3 Å². The van der Waals surface area contributed by atoms with Crippen molar-refractivity contribution in [2.75, 3.05) is 5.32 Å². The zero-order valence-corrected chi connectivity index (χ0v) is 17.6. The SMILES string of the molecule is Cc1c(C#N)c(NC(=O)Cn2nnc(-c3cccs3)n2)n(Cc2ccc(F)cc2)c1C. The fourth-order valence-electron chi connectivity index (χ4n) is 3.22. The number of thiophene rings is 1. The van der Waals surface area contributed by atoms with E-state index in [4.69, 9.17) is 0 Å². The van der Waals surface area contributed by atoms with Gasteiger partial charge < -0.3 is 9.88 Å². The zero-order chi connectivity index (χ0) is 22.0. The van der Waals surface area contributed by atoms with E-state index in [2.05, 4.69) is 26.8 Å². The van der Waals surface area contributed by atoms with Crippen LogP contribution in [0.15, 0.2) is 41.8 Å². The van der Waals surface area contributed by atoms with Crippen molar-refractivity contribution < 1.29 is 9.18 Å². The van der Waals surface area contributed by atoms with E-state index in [-0.39, 0.29) is 18.3 Å². The molecule has 0 aliphatic heterocycles. The molecular formula is C21H18FN7OS. The van der Waals surface area contributed by atoms with Crippen molar-refractivity contribution in [3.63, 3.8) is 0 Å². The standard InChI is InChI=1S/C21H18FN7OS/c1-13-14(2)28(11-15-5-7-16(22)8-6-15)21(17(13)10-23)24-19(30)12-29-26-20(25-27-29)18-4-3-9-31-18/h3-9H,11-12H2,1-2H3,(H,24,30). The van der Waals surface area contributed by atoms with Crippen LogP contribution in [-0.4, -0.2) is 30.7 Å². The van der Waals surface area contributed by atoms with Crippen LogP contribution in [0.3, 0.4) is 0 Å². The number of aromatic nitrogens is 5. The van der Waals surface area contributed by atoms with Crippen molar-refractivity contribution in [1.82, 2.24) is 24.8 Å². The molecule has 0 atom stereocenters. The molecule has 31 heavy (non-hydrogen) atoms. The smallest absolute Gasteiger partial charge is 0.249 e. The van der Waals surface area contributed by atoms with Gasteiger partial charge in [0.15, 0.2) is 0 Å². The third-order valence-corrected chi connectivity index (χ3v) is 5.80. The molecule has 0 aliphatic carbocycles. The lowest BCUT2D eigenvalue weighted by atomic mass is 10.2. The highest BCUT2D eigenvalue weighted by Crippen LogP contribution is 2.27. The highest BCUT2D eigenvalue weighted by atomic mass is 32.1. The molecule has 0 bridgehead atoms. The summed E-state index contributed by atoms with van der Waals surface area (Å²) in [5.74, 6) is 0.138. The molecule has 0 aliphatic rings. The number of amides is 1. The first-order valence-electron chi connectivity index (χ1n) is 9.42. The quantitative estimate of drug-likeness (QED) is 0.499. The van der Waals surface area contributed by atoms with Crippen molar-refractivity contribution in [2.24, 2.45) is 0 Å². The third kappa shape index (κ3) is 4.22. The normalized spacial score (nSPS) is 10.8. The van der Waals surface area contributed by atoms with Gasteiger partial charge in [-0.15, -0.1) is 21.5 Å². The minimum Gasteiger partial charge on any atom is -0.326 e. The van der Waals surface area contributed by atoms with Crippen LogP contribution in [0.2, 0.25) is 0 Å². The van der Waals surface area contributed by atoms with Crippen molar-refractivity contribution in [2.45, 2.75) is 26.9 Å². The Labute approximate surface area is 181 Å². The van der Waals surface area contributed by atoms with Crippen LogP contribution in [0, 0.1) is 31.0 Å². The highest BCUT2D eigenvalue weighted by Gasteiger charge is 2.20. The Morgan fingerprint density at radius 1 is 1.26 bits per heavy atom. The van der Waals surface area contributed by atoms with E-state index in [1.54, 1.807) is 12.1 Å². The number of hydrogen-bond acceptors (Lipinski definition) is 6. The molecule has 8 nitrogen and oxygen atoms in total. The summed E-state index contributed by atoms with van der Waals surface area (Å²) in [4.78, 5) is 14.8. The summed E-state index contributed by atoms with van der Waals surface area (Å²) < 4.78 is 15.1. The minimum atomic E-state index is -0.385. The lowest BCUT2D eigenvalue weighted by molar-refractivity contribution is -0.117. The van der Waals surface area contributed by atoms with Crippen molar-refractivity contribution in [1.29, 1.82) is 5.26 Å². The van der Waals surface area contributed by atoms with Crippen LogP contribution in [0.5, 0.6) is 0 Å². The molecule has 3 heterocycles. The van der Waals surface area contributed by atoms with Crippen LogP contribution >= 0.6 is 11.3 Å². The fraction of sp³-hybridized carbons (Fsp3) is 0.190. The number of hydrogen-bond donors (Lipinski definition) is 1. The van der Waals surface area contributed by atoms with E-state index >= 15 is 0 Å². The molecule has 3 aromatic heterocycles. The van der Waals surface area contributed by atoms with Gasteiger partial charge in [-0.1, -0.05) is 18.2 Å². The summed E-state index contributed by atoms with van der Waals surface area (Å²) in [5, 5.41) is 26.5. The number of tetrazole rings is 1. The molecule has 10 heteroatoms. The number of rotatable bonds is 6. The van der Waals surface area contributed by atoms with Gasteiger partial charge in [-0.2, -0.15) is 10.1 Å². The van der Waals surface area contributed by atoms with Gasteiger partial charge in [0.25, 0.3) is 0 Å². The number of nitrogens with zero attached hydrogens (tertiary/aromatic N) is 6. The fourth-order valence-corrected chi connectivity index (χ4v) is 3.86. The van der Waals surface area contributed by atoms with Crippen LogP contribution < -0.4 is 5.32 Å². The largest absolute Gasteiger partial charge is 0.326 e. The molecule has 0 radical (unpaired) electrons. The second-order valence-corrected chi connectivity index (χ2v) is 7.88. The molecule has 156 valence electrons. The van der Waals surface area contributed by atoms with E-state index in [0.717, 1.165) is 21.7 Å². The topological polar surface area (TPSA) is 101 Å². The Balaban J connectivity index is 1.57. The van der Waals surface area contributed by atoms with Gasteiger partial charge in [0.2, 0.25) is 11.7 Å². The van der Waals surface area contributed by atoms with Gasteiger partial charge >= 0.3 is 0 Å².